The van der Waals surface area contributed by atoms with Crippen LogP contribution in [0.15, 0.2) is 50.4 Å². The van der Waals surface area contributed by atoms with Crippen molar-refractivity contribution in [3.05, 3.63) is 51.8 Å². The average molecular weight is 466 g/mol. The first kappa shape index (κ1) is 20.9. The third-order valence-electron chi connectivity index (χ3n) is 5.40. The number of hydrogen-bond acceptors (Lipinski definition) is 9. The molecule has 168 valence electrons. The van der Waals surface area contributed by atoms with Crippen LogP contribution in [0, 0.1) is 15.5 Å². The first-order valence-corrected chi connectivity index (χ1v) is 10.9. The van der Waals surface area contributed by atoms with Crippen LogP contribution in [0.4, 0.5) is 5.69 Å². The van der Waals surface area contributed by atoms with Crippen LogP contribution >= 0.6 is 11.8 Å². The Bertz CT molecular complexity index is 1270. The Morgan fingerprint density at radius 3 is 2.76 bits per heavy atom. The van der Waals surface area contributed by atoms with Crippen LogP contribution < -0.4 is 4.74 Å². The number of fused-ring (bicyclic) bond motifs is 1. The molecular weight excluding hydrogens is 448 g/mol. The van der Waals surface area contributed by atoms with Gasteiger partial charge >= 0.3 is 0 Å². The molecule has 1 N–H and O–H groups in total. The number of nitro benzene ring substituents is 1. The molecule has 0 atom stereocenters. The van der Waals surface area contributed by atoms with Gasteiger partial charge in [-0.05, 0) is 54.9 Å². The summed E-state index contributed by atoms with van der Waals surface area (Å²) in [6, 6.07) is 7.59. The number of benzene rings is 1. The highest BCUT2D eigenvalue weighted by molar-refractivity contribution is 8.26. The van der Waals surface area contributed by atoms with E-state index in [4.69, 9.17) is 14.6 Å². The molecule has 3 aliphatic rings. The molecule has 1 fully saturated rings. The van der Waals surface area contributed by atoms with Crippen molar-refractivity contribution in [2.75, 3.05) is 20.2 Å². The highest BCUT2D eigenvalue weighted by atomic mass is 32.2. The molecule has 5 rings (SSSR count). The van der Waals surface area contributed by atoms with Crippen LogP contribution in [-0.2, 0) is 4.79 Å². The van der Waals surface area contributed by atoms with Gasteiger partial charge in [-0.15, -0.1) is 5.10 Å². The lowest BCUT2D eigenvalue weighted by molar-refractivity contribution is -0.384. The van der Waals surface area contributed by atoms with E-state index in [0.29, 0.717) is 10.9 Å². The van der Waals surface area contributed by atoms with Crippen molar-refractivity contribution in [3.63, 3.8) is 0 Å². The second-order valence-corrected chi connectivity index (χ2v) is 8.37. The van der Waals surface area contributed by atoms with Crippen LogP contribution in [0.1, 0.15) is 18.6 Å². The Kier molecular flexibility index (Phi) is 5.21. The summed E-state index contributed by atoms with van der Waals surface area (Å²) in [5.41, 5.74) is 0.124. The lowest BCUT2D eigenvalue weighted by Gasteiger charge is -2.19. The molecule has 1 aromatic heterocycles. The third-order valence-corrected chi connectivity index (χ3v) is 6.37. The summed E-state index contributed by atoms with van der Waals surface area (Å²) in [6.45, 7) is 1.78. The summed E-state index contributed by atoms with van der Waals surface area (Å²) in [5.74, 6) is 0.204. The number of amides is 1. The van der Waals surface area contributed by atoms with E-state index in [1.165, 1.54) is 42.1 Å². The number of methoxy groups -OCH3 is 1. The van der Waals surface area contributed by atoms with Crippen LogP contribution in [0.5, 0.6) is 5.75 Å². The highest BCUT2D eigenvalue weighted by Crippen LogP contribution is 2.35. The van der Waals surface area contributed by atoms with Crippen molar-refractivity contribution in [1.82, 2.24) is 9.91 Å². The van der Waals surface area contributed by atoms with Crippen molar-refractivity contribution in [1.29, 1.82) is 5.41 Å². The van der Waals surface area contributed by atoms with Crippen molar-refractivity contribution in [2.24, 2.45) is 10.1 Å². The van der Waals surface area contributed by atoms with E-state index in [9.17, 15) is 14.9 Å². The largest absolute Gasteiger partial charge is 0.497 e. The minimum absolute atomic E-state index is 0.0240. The molecule has 3 aliphatic heterocycles. The lowest BCUT2D eigenvalue weighted by Crippen LogP contribution is -2.35. The van der Waals surface area contributed by atoms with Gasteiger partial charge in [0.2, 0.25) is 5.17 Å². The van der Waals surface area contributed by atoms with Gasteiger partial charge in [0, 0.05) is 13.1 Å². The zero-order valence-electron chi connectivity index (χ0n) is 17.5. The number of hydrazone groups is 1. The number of rotatable bonds is 4. The van der Waals surface area contributed by atoms with E-state index in [-0.39, 0.29) is 34.2 Å². The van der Waals surface area contributed by atoms with Gasteiger partial charge < -0.3 is 14.1 Å². The average Bonchev–Trinajstić information content (AvgIpc) is 3.56. The Morgan fingerprint density at radius 2 is 2.03 bits per heavy atom. The molecule has 0 radical (unpaired) electrons. The minimum Gasteiger partial charge on any atom is -0.497 e. The van der Waals surface area contributed by atoms with Crippen LogP contribution in [0.2, 0.25) is 0 Å². The second-order valence-electron chi connectivity index (χ2n) is 7.44. The van der Waals surface area contributed by atoms with E-state index < -0.39 is 10.8 Å². The molecule has 11 nitrogen and oxygen atoms in total. The molecular formula is C21H18N6O5S. The summed E-state index contributed by atoms with van der Waals surface area (Å²) in [6.07, 6.45) is 3.57. The molecule has 1 aromatic carbocycles. The Hall–Kier alpha value is -3.93. The van der Waals surface area contributed by atoms with Gasteiger partial charge in [0.05, 0.1) is 29.2 Å². The SMILES string of the molecule is COc1ccc(-c2ccc(/C=C3/C(=N)N4N=C(N5CCCC5)SC4=NC3=O)o2)c([N+](=O)[O-])c1. The van der Waals surface area contributed by atoms with Gasteiger partial charge in [0.15, 0.2) is 11.0 Å². The van der Waals surface area contributed by atoms with Crippen LogP contribution in [0.25, 0.3) is 17.4 Å². The molecule has 1 saturated heterocycles. The normalized spacial score (nSPS) is 19.1. The predicted octanol–water partition coefficient (Wildman–Crippen LogP) is 3.54. The number of likely N-dealkylation sites (tertiary alicyclic amines) is 1. The Morgan fingerprint density at radius 1 is 1.24 bits per heavy atom. The minimum atomic E-state index is -0.565. The van der Waals surface area contributed by atoms with Gasteiger partial charge in [-0.25, -0.2) is 0 Å². The number of carbonyl (C=O) groups is 1. The van der Waals surface area contributed by atoms with E-state index in [2.05, 4.69) is 15.0 Å². The molecule has 0 spiro atoms. The van der Waals surface area contributed by atoms with Gasteiger partial charge in [0.25, 0.3) is 11.6 Å². The molecule has 4 heterocycles. The molecule has 0 saturated carbocycles. The van der Waals surface area contributed by atoms with Crippen molar-refractivity contribution in [3.8, 4) is 17.1 Å². The monoisotopic (exact) mass is 466 g/mol. The maximum atomic E-state index is 12.6. The number of carbonyl (C=O) groups excluding carboxylic acids is 1. The third kappa shape index (κ3) is 3.78. The molecule has 2 aromatic rings. The molecule has 1 amide bonds. The number of ether oxygens (including phenoxy) is 1. The van der Waals surface area contributed by atoms with Gasteiger partial charge in [0.1, 0.15) is 17.3 Å². The Balaban J connectivity index is 1.44. The topological polar surface area (TPSA) is 138 Å². The smallest absolute Gasteiger partial charge is 0.284 e. The number of amidine groups is 3. The first-order valence-electron chi connectivity index (χ1n) is 10.1. The first-order chi connectivity index (χ1) is 15.9. The van der Waals surface area contributed by atoms with E-state index in [1.54, 1.807) is 18.2 Å². The molecule has 12 heteroatoms. The predicted molar refractivity (Wildman–Crippen MR) is 123 cm³/mol. The lowest BCUT2D eigenvalue weighted by atomic mass is 10.1. The molecule has 0 bridgehead atoms. The van der Waals surface area contributed by atoms with Crippen molar-refractivity contribution < 1.29 is 18.9 Å². The summed E-state index contributed by atoms with van der Waals surface area (Å²) < 4.78 is 10.8. The van der Waals surface area contributed by atoms with Crippen LogP contribution in [-0.4, -0.2) is 57.1 Å². The van der Waals surface area contributed by atoms with E-state index in [1.807, 2.05) is 0 Å². The molecule has 0 aliphatic carbocycles. The summed E-state index contributed by atoms with van der Waals surface area (Å²) in [7, 11) is 1.43. The zero-order valence-corrected chi connectivity index (χ0v) is 18.3. The second kappa shape index (κ2) is 8.20. The van der Waals surface area contributed by atoms with Gasteiger partial charge in [-0.3, -0.25) is 20.3 Å². The van der Waals surface area contributed by atoms with Crippen molar-refractivity contribution >= 4 is 45.6 Å². The zero-order chi connectivity index (χ0) is 23.1. The summed E-state index contributed by atoms with van der Waals surface area (Å²) in [5, 5.41) is 26.9. The number of nitrogens with one attached hydrogen (secondary N) is 1. The number of aliphatic imine (C=N–C) groups is 1. The number of hydrogen-bond donors (Lipinski definition) is 1. The fraction of sp³-hybridized carbons (Fsp3) is 0.238. The standard InChI is InChI=1S/C21H18N6O5S/c1-31-12-4-6-14(16(11-12)27(29)30)17-7-5-13(32-17)10-15-18(22)26-20(23-19(15)28)33-21(24-26)25-8-2-3-9-25/h4-7,10-11,22H,2-3,8-9H2,1H3/b15-10-,22-18?. The Labute approximate surface area is 192 Å². The maximum absolute atomic E-state index is 12.6. The fourth-order valence-electron chi connectivity index (χ4n) is 3.73. The molecule has 33 heavy (non-hydrogen) atoms. The van der Waals surface area contributed by atoms with Crippen molar-refractivity contribution in [2.45, 2.75) is 12.8 Å². The van der Waals surface area contributed by atoms with E-state index in [0.717, 1.165) is 31.1 Å². The van der Waals surface area contributed by atoms with Gasteiger partial charge in [-0.1, -0.05) is 0 Å². The van der Waals surface area contributed by atoms with Crippen LogP contribution in [0.3, 0.4) is 0 Å². The summed E-state index contributed by atoms with van der Waals surface area (Å²) in [4.78, 5) is 29.8. The van der Waals surface area contributed by atoms with E-state index >= 15 is 0 Å². The maximum Gasteiger partial charge on any atom is 0.284 e. The fourth-order valence-corrected chi connectivity index (χ4v) is 4.68. The number of nitro groups is 1. The molecule has 0 unspecified atom stereocenters. The van der Waals surface area contributed by atoms with Gasteiger partial charge in [-0.2, -0.15) is 10.0 Å². The number of furan rings is 1. The summed E-state index contributed by atoms with van der Waals surface area (Å²) >= 11 is 1.28. The number of thioether (sulfide) groups is 1. The number of nitrogens with zero attached hydrogens (tertiary/aromatic N) is 5. The quantitative estimate of drug-likeness (QED) is 0.410. The highest BCUT2D eigenvalue weighted by Gasteiger charge is 2.38.